The number of Topliss-reactive ketones (excluding diaryl/α,β-unsaturated/α-hetero) is 1. The molecule has 0 amide bonds. The topological polar surface area (TPSA) is 52.2 Å². The van der Waals surface area contributed by atoms with Gasteiger partial charge in [-0.15, -0.1) is 0 Å². The average Bonchev–Trinajstić information content (AvgIpc) is 2.91. The van der Waals surface area contributed by atoms with Gasteiger partial charge in [-0.2, -0.15) is 0 Å². The number of fused-ring (bicyclic) bond motifs is 1. The predicted octanol–water partition coefficient (Wildman–Crippen LogP) is 2.79. The number of furan rings is 1. The van der Waals surface area contributed by atoms with Crippen LogP contribution >= 0.6 is 0 Å². The molecule has 0 spiro atoms. The number of pyridine rings is 1. The highest BCUT2D eigenvalue weighted by Crippen LogP contribution is 2.17. The van der Waals surface area contributed by atoms with Crippen LogP contribution in [0, 0.1) is 6.92 Å². The molecule has 4 nitrogen and oxygen atoms in total. The molecular formula is C16H13NO3. The lowest BCUT2D eigenvalue weighted by Crippen LogP contribution is -2.25. The summed E-state index contributed by atoms with van der Waals surface area (Å²) in [5.41, 5.74) is 1.82. The highest BCUT2D eigenvalue weighted by molar-refractivity contribution is 5.99. The molecule has 2 aromatic heterocycles. The summed E-state index contributed by atoms with van der Waals surface area (Å²) in [4.78, 5) is 24.2. The zero-order chi connectivity index (χ0) is 14.1. The van der Waals surface area contributed by atoms with Crippen LogP contribution in [0.2, 0.25) is 0 Å². The Morgan fingerprint density at radius 2 is 2.10 bits per heavy atom. The van der Waals surface area contributed by atoms with E-state index in [0.29, 0.717) is 11.1 Å². The van der Waals surface area contributed by atoms with Crippen LogP contribution < -0.4 is 5.56 Å². The van der Waals surface area contributed by atoms with E-state index >= 15 is 0 Å². The number of benzene rings is 1. The minimum Gasteiger partial charge on any atom is -0.464 e. The molecule has 2 heterocycles. The second kappa shape index (κ2) is 4.81. The van der Waals surface area contributed by atoms with Gasteiger partial charge in [-0.3, -0.25) is 9.59 Å². The maximum atomic E-state index is 12.3. The summed E-state index contributed by atoms with van der Waals surface area (Å²) < 4.78 is 6.67. The number of rotatable bonds is 3. The third-order valence-corrected chi connectivity index (χ3v) is 3.30. The first-order valence-corrected chi connectivity index (χ1v) is 6.32. The highest BCUT2D eigenvalue weighted by Gasteiger charge is 2.10. The van der Waals surface area contributed by atoms with E-state index in [0.717, 1.165) is 11.0 Å². The number of nitrogens with zero attached hydrogens (tertiary/aromatic N) is 1. The van der Waals surface area contributed by atoms with Crippen molar-refractivity contribution in [3.05, 3.63) is 70.3 Å². The summed E-state index contributed by atoms with van der Waals surface area (Å²) in [6, 6.07) is 10.6. The zero-order valence-corrected chi connectivity index (χ0v) is 11.0. The lowest BCUT2D eigenvalue weighted by molar-refractivity contribution is 0.0971. The van der Waals surface area contributed by atoms with Crippen LogP contribution in [0.5, 0.6) is 0 Å². The Morgan fingerprint density at radius 1 is 1.25 bits per heavy atom. The fourth-order valence-electron chi connectivity index (χ4n) is 2.17. The minimum atomic E-state index is -0.134. The van der Waals surface area contributed by atoms with Crippen molar-refractivity contribution in [2.24, 2.45) is 0 Å². The van der Waals surface area contributed by atoms with E-state index < -0.39 is 0 Å². The number of carbonyl (C=O) groups is 1. The third kappa shape index (κ3) is 2.16. The van der Waals surface area contributed by atoms with Crippen molar-refractivity contribution < 1.29 is 9.21 Å². The summed E-state index contributed by atoms with van der Waals surface area (Å²) in [6.45, 7) is 1.78. The SMILES string of the molecule is Cc1cccn(CC(=O)c2ccc3occc3c2)c1=O. The molecule has 0 atom stereocenters. The van der Waals surface area contributed by atoms with E-state index in [1.165, 1.54) is 4.57 Å². The molecule has 0 aliphatic rings. The molecule has 0 saturated heterocycles. The van der Waals surface area contributed by atoms with Gasteiger partial charge in [-0.05, 0) is 37.3 Å². The molecule has 20 heavy (non-hydrogen) atoms. The molecule has 0 N–H and O–H groups in total. The van der Waals surface area contributed by atoms with Crippen LogP contribution in [-0.2, 0) is 6.54 Å². The van der Waals surface area contributed by atoms with Gasteiger partial charge in [0.25, 0.3) is 5.56 Å². The monoisotopic (exact) mass is 267 g/mol. The van der Waals surface area contributed by atoms with Gasteiger partial charge < -0.3 is 8.98 Å². The van der Waals surface area contributed by atoms with Gasteiger partial charge in [-0.25, -0.2) is 0 Å². The average molecular weight is 267 g/mol. The fourth-order valence-corrected chi connectivity index (χ4v) is 2.17. The summed E-state index contributed by atoms with van der Waals surface area (Å²) in [5.74, 6) is -0.0965. The number of carbonyl (C=O) groups excluding carboxylic acids is 1. The second-order valence-corrected chi connectivity index (χ2v) is 4.72. The molecule has 0 fully saturated rings. The van der Waals surface area contributed by atoms with E-state index in [9.17, 15) is 9.59 Å². The Labute approximate surface area is 115 Å². The molecule has 0 bridgehead atoms. The van der Waals surface area contributed by atoms with Gasteiger partial charge in [0.05, 0.1) is 12.8 Å². The van der Waals surface area contributed by atoms with Crippen molar-refractivity contribution in [1.82, 2.24) is 4.57 Å². The van der Waals surface area contributed by atoms with Crippen LogP contribution in [0.4, 0.5) is 0 Å². The van der Waals surface area contributed by atoms with Crippen molar-refractivity contribution in [2.75, 3.05) is 0 Å². The van der Waals surface area contributed by atoms with Crippen LogP contribution in [-0.4, -0.2) is 10.4 Å². The van der Waals surface area contributed by atoms with Crippen molar-refractivity contribution >= 4 is 16.8 Å². The Balaban J connectivity index is 1.92. The lowest BCUT2D eigenvalue weighted by Gasteiger charge is -2.06. The third-order valence-electron chi connectivity index (χ3n) is 3.30. The predicted molar refractivity (Wildman–Crippen MR) is 76.0 cm³/mol. The summed E-state index contributed by atoms with van der Waals surface area (Å²) in [6.07, 6.45) is 3.22. The summed E-state index contributed by atoms with van der Waals surface area (Å²) in [7, 11) is 0. The smallest absolute Gasteiger partial charge is 0.253 e. The van der Waals surface area contributed by atoms with Crippen molar-refractivity contribution in [2.45, 2.75) is 13.5 Å². The van der Waals surface area contributed by atoms with Crippen molar-refractivity contribution in [3.8, 4) is 0 Å². The van der Waals surface area contributed by atoms with Gasteiger partial charge >= 0.3 is 0 Å². The normalized spacial score (nSPS) is 10.8. The van der Waals surface area contributed by atoms with Gasteiger partial charge in [-0.1, -0.05) is 6.07 Å². The number of hydrogen-bond acceptors (Lipinski definition) is 3. The van der Waals surface area contributed by atoms with Crippen molar-refractivity contribution in [3.63, 3.8) is 0 Å². The largest absolute Gasteiger partial charge is 0.464 e. The van der Waals surface area contributed by atoms with Gasteiger partial charge in [0.2, 0.25) is 0 Å². The molecule has 0 aliphatic heterocycles. The molecule has 3 rings (SSSR count). The first kappa shape index (κ1) is 12.4. The number of aromatic nitrogens is 1. The molecule has 1 aromatic carbocycles. The molecule has 0 saturated carbocycles. The van der Waals surface area contributed by atoms with Crippen LogP contribution in [0.15, 0.2) is 58.1 Å². The fraction of sp³-hybridized carbons (Fsp3) is 0.125. The number of aryl methyl sites for hydroxylation is 1. The number of ketones is 1. The van der Waals surface area contributed by atoms with Gasteiger partial charge in [0, 0.05) is 22.7 Å². The highest BCUT2D eigenvalue weighted by atomic mass is 16.3. The standard InChI is InChI=1S/C16H13NO3/c1-11-3-2-7-17(16(11)19)10-14(18)12-4-5-15-13(9-12)6-8-20-15/h2-9H,10H2,1H3. The van der Waals surface area contributed by atoms with E-state index in [1.54, 1.807) is 49.7 Å². The Hall–Kier alpha value is -2.62. The maximum absolute atomic E-state index is 12.3. The zero-order valence-electron chi connectivity index (χ0n) is 11.0. The van der Waals surface area contributed by atoms with Crippen LogP contribution in [0.3, 0.4) is 0 Å². The quantitative estimate of drug-likeness (QED) is 0.686. The Kier molecular flexibility index (Phi) is 2.99. The lowest BCUT2D eigenvalue weighted by atomic mass is 10.1. The Morgan fingerprint density at radius 3 is 2.95 bits per heavy atom. The van der Waals surface area contributed by atoms with E-state index in [1.807, 2.05) is 6.07 Å². The van der Waals surface area contributed by atoms with Crippen molar-refractivity contribution in [1.29, 1.82) is 0 Å². The molecule has 0 aliphatic carbocycles. The molecule has 3 aromatic rings. The number of hydrogen-bond donors (Lipinski definition) is 0. The van der Waals surface area contributed by atoms with E-state index in [2.05, 4.69) is 0 Å². The first-order chi connectivity index (χ1) is 9.65. The molecule has 100 valence electrons. The van der Waals surface area contributed by atoms with Crippen LogP contribution in [0.1, 0.15) is 15.9 Å². The van der Waals surface area contributed by atoms with Gasteiger partial charge in [0.15, 0.2) is 5.78 Å². The van der Waals surface area contributed by atoms with E-state index in [-0.39, 0.29) is 17.9 Å². The van der Waals surface area contributed by atoms with Gasteiger partial charge in [0.1, 0.15) is 5.58 Å². The Bertz CT molecular complexity index is 842. The minimum absolute atomic E-state index is 0.0455. The molecule has 0 radical (unpaired) electrons. The molecule has 4 heteroatoms. The van der Waals surface area contributed by atoms with E-state index in [4.69, 9.17) is 4.42 Å². The summed E-state index contributed by atoms with van der Waals surface area (Å²) in [5, 5.41) is 0.882. The summed E-state index contributed by atoms with van der Waals surface area (Å²) >= 11 is 0. The van der Waals surface area contributed by atoms with Crippen LogP contribution in [0.25, 0.3) is 11.0 Å². The molecular weight excluding hydrogens is 254 g/mol. The first-order valence-electron chi connectivity index (χ1n) is 6.32. The second-order valence-electron chi connectivity index (χ2n) is 4.72. The maximum Gasteiger partial charge on any atom is 0.253 e. The molecule has 0 unspecified atom stereocenters.